The number of carbonyl (C=O) groups excluding carboxylic acids is 1. The van der Waals surface area contributed by atoms with E-state index in [-0.39, 0.29) is 5.78 Å². The normalized spacial score (nSPS) is 22.1. The highest BCUT2D eigenvalue weighted by Gasteiger charge is 2.32. The summed E-state index contributed by atoms with van der Waals surface area (Å²) in [6.07, 6.45) is 4.81. The zero-order chi connectivity index (χ0) is 22.9. The largest absolute Gasteiger partial charge is 0.379 e. The molecule has 0 N–H and O–H groups in total. The van der Waals surface area contributed by atoms with Gasteiger partial charge in [-0.05, 0) is 59.8 Å². The average Bonchev–Trinajstić information content (AvgIpc) is 3.78. The lowest BCUT2D eigenvalue weighted by atomic mass is 9.89. The predicted octanol–water partition coefficient (Wildman–Crippen LogP) is 4.34. The van der Waals surface area contributed by atoms with Crippen molar-refractivity contribution in [2.45, 2.75) is 50.6 Å². The van der Waals surface area contributed by atoms with Crippen LogP contribution in [-0.2, 0) is 22.6 Å². The molecule has 0 amide bonds. The molecule has 0 unspecified atom stereocenters. The van der Waals surface area contributed by atoms with Crippen LogP contribution in [0.3, 0.4) is 0 Å². The molecule has 0 bridgehead atoms. The van der Waals surface area contributed by atoms with E-state index in [2.05, 4.69) is 46.2 Å². The number of nitrogens with zero attached hydrogens (tertiary/aromatic N) is 2. The van der Waals surface area contributed by atoms with Gasteiger partial charge in [-0.3, -0.25) is 14.6 Å². The Balaban J connectivity index is 1.25. The number of ether oxygens (including phenoxy) is 2. The standard InChI is InChI=1S/C29H36N2O3/c32-29(25-7-1-21(17-27(25)23-3-4-23)19-30-9-13-33-14-10-30)26-8-2-22(18-28(26)24-5-6-24)20-31-11-15-34-16-12-31/h1-2,7-8,17-18,23-24H,3-6,9-16,19-20H2. The summed E-state index contributed by atoms with van der Waals surface area (Å²) < 4.78 is 11.0. The van der Waals surface area contributed by atoms with Crippen LogP contribution in [0.4, 0.5) is 0 Å². The van der Waals surface area contributed by atoms with Gasteiger partial charge in [-0.1, -0.05) is 36.4 Å². The highest BCUT2D eigenvalue weighted by atomic mass is 16.5. The molecule has 180 valence electrons. The van der Waals surface area contributed by atoms with Crippen LogP contribution in [0.15, 0.2) is 36.4 Å². The van der Waals surface area contributed by atoms with E-state index in [4.69, 9.17) is 9.47 Å². The molecule has 0 radical (unpaired) electrons. The first-order valence-corrected chi connectivity index (χ1v) is 13.1. The van der Waals surface area contributed by atoms with E-state index in [1.165, 1.54) is 47.9 Å². The second kappa shape index (κ2) is 9.90. The van der Waals surface area contributed by atoms with Crippen molar-refractivity contribution >= 4 is 5.78 Å². The lowest BCUT2D eigenvalue weighted by Gasteiger charge is -2.27. The Morgan fingerprint density at radius 1 is 0.676 bits per heavy atom. The SMILES string of the molecule is O=C(c1ccc(CN2CCOCC2)cc1C1CC1)c1ccc(CN2CCOCC2)cc1C1CC1. The van der Waals surface area contributed by atoms with Crippen LogP contribution in [0.1, 0.15) is 75.7 Å². The maximum atomic E-state index is 13.9. The summed E-state index contributed by atoms with van der Waals surface area (Å²) in [6.45, 7) is 9.11. The fraction of sp³-hybridized carbons (Fsp3) is 0.552. The number of carbonyl (C=O) groups is 1. The number of rotatable bonds is 8. The molecule has 2 saturated carbocycles. The number of ketones is 1. The van der Waals surface area contributed by atoms with Gasteiger partial charge < -0.3 is 9.47 Å². The summed E-state index contributed by atoms with van der Waals surface area (Å²) in [5.74, 6) is 1.32. The molecular weight excluding hydrogens is 424 g/mol. The van der Waals surface area contributed by atoms with Gasteiger partial charge in [-0.15, -0.1) is 0 Å². The minimum atomic E-state index is 0.222. The van der Waals surface area contributed by atoms with Gasteiger partial charge in [0.2, 0.25) is 0 Å². The molecule has 2 aromatic carbocycles. The summed E-state index contributed by atoms with van der Waals surface area (Å²) in [4.78, 5) is 18.8. The summed E-state index contributed by atoms with van der Waals surface area (Å²) in [6, 6.07) is 13.2. The van der Waals surface area contributed by atoms with Gasteiger partial charge in [0.05, 0.1) is 26.4 Å². The van der Waals surface area contributed by atoms with Gasteiger partial charge >= 0.3 is 0 Å². The first-order valence-electron chi connectivity index (χ1n) is 13.1. The Morgan fingerprint density at radius 2 is 1.09 bits per heavy atom. The maximum absolute atomic E-state index is 13.9. The molecule has 34 heavy (non-hydrogen) atoms. The number of benzene rings is 2. The summed E-state index contributed by atoms with van der Waals surface area (Å²) in [7, 11) is 0. The molecule has 2 heterocycles. The number of hydrogen-bond donors (Lipinski definition) is 0. The molecule has 2 aromatic rings. The molecule has 0 aromatic heterocycles. The van der Waals surface area contributed by atoms with Gasteiger partial charge in [-0.2, -0.15) is 0 Å². The molecule has 6 rings (SSSR count). The smallest absolute Gasteiger partial charge is 0.193 e. The zero-order valence-corrected chi connectivity index (χ0v) is 20.1. The molecule has 2 aliphatic heterocycles. The van der Waals surface area contributed by atoms with Crippen molar-refractivity contribution in [1.29, 1.82) is 0 Å². The molecule has 2 aliphatic carbocycles. The topological polar surface area (TPSA) is 42.0 Å². The van der Waals surface area contributed by atoms with Crippen LogP contribution in [0, 0.1) is 0 Å². The van der Waals surface area contributed by atoms with Crippen LogP contribution >= 0.6 is 0 Å². The van der Waals surface area contributed by atoms with Crippen LogP contribution in [-0.4, -0.2) is 68.2 Å². The van der Waals surface area contributed by atoms with Crippen molar-refractivity contribution in [3.63, 3.8) is 0 Å². The molecule has 2 saturated heterocycles. The third-order valence-electron chi connectivity index (χ3n) is 7.78. The Morgan fingerprint density at radius 3 is 1.47 bits per heavy atom. The third-order valence-corrected chi connectivity index (χ3v) is 7.78. The van der Waals surface area contributed by atoms with E-state index in [9.17, 15) is 4.79 Å². The lowest BCUT2D eigenvalue weighted by Crippen LogP contribution is -2.35. The second-order valence-corrected chi connectivity index (χ2v) is 10.5. The third kappa shape index (κ3) is 5.13. The Kier molecular flexibility index (Phi) is 6.53. The highest BCUT2D eigenvalue weighted by molar-refractivity contribution is 6.11. The number of hydrogen-bond acceptors (Lipinski definition) is 5. The Bertz CT molecular complexity index is 950. The van der Waals surface area contributed by atoms with E-state index < -0.39 is 0 Å². The average molecular weight is 461 g/mol. The van der Waals surface area contributed by atoms with Crippen LogP contribution in [0.2, 0.25) is 0 Å². The van der Waals surface area contributed by atoms with Gasteiger partial charge in [0.15, 0.2) is 5.78 Å². The van der Waals surface area contributed by atoms with Gasteiger partial charge in [-0.25, -0.2) is 0 Å². The Hall–Kier alpha value is -2.05. The van der Waals surface area contributed by atoms with Crippen LogP contribution in [0.25, 0.3) is 0 Å². The molecule has 4 aliphatic rings. The van der Waals surface area contributed by atoms with Crippen molar-refractivity contribution in [3.05, 3.63) is 69.8 Å². The number of morpholine rings is 2. The fourth-order valence-corrected chi connectivity index (χ4v) is 5.48. The molecule has 5 nitrogen and oxygen atoms in total. The van der Waals surface area contributed by atoms with E-state index in [0.717, 1.165) is 76.8 Å². The fourth-order valence-electron chi connectivity index (χ4n) is 5.48. The van der Waals surface area contributed by atoms with Crippen molar-refractivity contribution in [3.8, 4) is 0 Å². The molecule has 0 spiro atoms. The maximum Gasteiger partial charge on any atom is 0.193 e. The second-order valence-electron chi connectivity index (χ2n) is 10.5. The van der Waals surface area contributed by atoms with E-state index in [0.29, 0.717) is 11.8 Å². The van der Waals surface area contributed by atoms with Crippen molar-refractivity contribution in [2.75, 3.05) is 52.6 Å². The lowest BCUT2D eigenvalue weighted by molar-refractivity contribution is 0.0341. The molecule has 5 heteroatoms. The van der Waals surface area contributed by atoms with Gasteiger partial charge in [0.25, 0.3) is 0 Å². The van der Waals surface area contributed by atoms with E-state index in [1.807, 2.05) is 0 Å². The predicted molar refractivity (Wildman–Crippen MR) is 132 cm³/mol. The van der Waals surface area contributed by atoms with Crippen molar-refractivity contribution < 1.29 is 14.3 Å². The van der Waals surface area contributed by atoms with Gasteiger partial charge in [0, 0.05) is 50.4 Å². The zero-order valence-electron chi connectivity index (χ0n) is 20.1. The van der Waals surface area contributed by atoms with Crippen LogP contribution < -0.4 is 0 Å². The molecule has 4 fully saturated rings. The monoisotopic (exact) mass is 460 g/mol. The minimum absolute atomic E-state index is 0.222. The summed E-state index contributed by atoms with van der Waals surface area (Å²) >= 11 is 0. The van der Waals surface area contributed by atoms with E-state index in [1.54, 1.807) is 0 Å². The molecular formula is C29H36N2O3. The molecule has 0 atom stereocenters. The Labute approximate surface area is 203 Å². The van der Waals surface area contributed by atoms with E-state index >= 15 is 0 Å². The minimum Gasteiger partial charge on any atom is -0.379 e. The van der Waals surface area contributed by atoms with Gasteiger partial charge in [0.1, 0.15) is 0 Å². The first-order chi connectivity index (χ1) is 16.7. The first kappa shape index (κ1) is 22.4. The van der Waals surface area contributed by atoms with Crippen LogP contribution in [0.5, 0.6) is 0 Å². The van der Waals surface area contributed by atoms with Crippen molar-refractivity contribution in [2.24, 2.45) is 0 Å². The summed E-state index contributed by atoms with van der Waals surface area (Å²) in [5.41, 5.74) is 7.05. The quantitative estimate of drug-likeness (QED) is 0.549. The summed E-state index contributed by atoms with van der Waals surface area (Å²) in [5, 5.41) is 0. The van der Waals surface area contributed by atoms with Crippen molar-refractivity contribution in [1.82, 2.24) is 9.80 Å². The highest BCUT2D eigenvalue weighted by Crippen LogP contribution is 2.45.